The van der Waals surface area contributed by atoms with Crippen molar-refractivity contribution in [3.05, 3.63) is 66.1 Å². The Balaban J connectivity index is 1.88. The van der Waals surface area contributed by atoms with Crippen LogP contribution in [-0.2, 0) is 6.54 Å². The number of imidazole rings is 1. The molecule has 1 aromatic carbocycles. The fourth-order valence-corrected chi connectivity index (χ4v) is 2.29. The van der Waals surface area contributed by atoms with Gasteiger partial charge in [-0.3, -0.25) is 0 Å². The summed E-state index contributed by atoms with van der Waals surface area (Å²) in [6, 6.07) is 15.8. The van der Waals surface area contributed by atoms with Crippen LogP contribution in [-0.4, -0.2) is 16.4 Å². The number of para-hydroxylation sites is 1. The molecular formula is C16H14N4. The number of fused-ring (bicyclic) bond motifs is 1. The fraction of sp³-hybridized carbons (Fsp3) is 0.125. The molecule has 2 heterocycles. The second-order valence-corrected chi connectivity index (χ2v) is 4.68. The third-order valence-corrected chi connectivity index (χ3v) is 3.25. The lowest BCUT2D eigenvalue weighted by atomic mass is 10.2. The Bertz CT molecular complexity index is 749. The zero-order valence-electron chi connectivity index (χ0n) is 11.2. The van der Waals surface area contributed by atoms with Gasteiger partial charge in [-0.15, -0.1) is 0 Å². The van der Waals surface area contributed by atoms with Crippen LogP contribution in [0.2, 0.25) is 0 Å². The lowest BCUT2D eigenvalue weighted by molar-refractivity contribution is 0.894. The second-order valence-electron chi connectivity index (χ2n) is 4.68. The fourth-order valence-electron chi connectivity index (χ4n) is 2.29. The SMILES string of the molecule is CN(Cc1cn2ccccc2n1)c1ccccc1C#N. The quantitative estimate of drug-likeness (QED) is 0.729. The van der Waals surface area contributed by atoms with Crippen LogP contribution in [0, 0.1) is 11.3 Å². The molecule has 4 heteroatoms. The summed E-state index contributed by atoms with van der Waals surface area (Å²) in [5.41, 5.74) is 3.52. The number of aromatic nitrogens is 2. The van der Waals surface area contributed by atoms with E-state index in [9.17, 15) is 0 Å². The zero-order chi connectivity index (χ0) is 13.9. The summed E-state index contributed by atoms with van der Waals surface area (Å²) in [7, 11) is 1.97. The maximum absolute atomic E-state index is 9.15. The predicted octanol–water partition coefficient (Wildman–Crippen LogP) is 2.84. The summed E-state index contributed by atoms with van der Waals surface area (Å²) in [6.45, 7) is 0.667. The molecule has 0 fully saturated rings. The molecule has 0 bridgehead atoms. The molecule has 4 nitrogen and oxygen atoms in total. The first kappa shape index (κ1) is 12.2. The van der Waals surface area contributed by atoms with E-state index in [-0.39, 0.29) is 0 Å². The average molecular weight is 262 g/mol. The number of nitriles is 1. The first-order chi connectivity index (χ1) is 9.78. The number of anilines is 1. The molecule has 0 spiro atoms. The van der Waals surface area contributed by atoms with Gasteiger partial charge in [0.25, 0.3) is 0 Å². The number of benzene rings is 1. The minimum Gasteiger partial charge on any atom is -0.368 e. The molecule has 0 amide bonds. The van der Waals surface area contributed by atoms with E-state index >= 15 is 0 Å². The van der Waals surface area contributed by atoms with Crippen molar-refractivity contribution < 1.29 is 0 Å². The number of hydrogen-bond acceptors (Lipinski definition) is 3. The van der Waals surface area contributed by atoms with Crippen LogP contribution in [0.15, 0.2) is 54.9 Å². The largest absolute Gasteiger partial charge is 0.368 e. The highest BCUT2D eigenvalue weighted by Crippen LogP contribution is 2.20. The molecule has 0 unspecified atom stereocenters. The third kappa shape index (κ3) is 2.21. The smallest absolute Gasteiger partial charge is 0.137 e. The van der Waals surface area contributed by atoms with Gasteiger partial charge in [0.05, 0.1) is 23.5 Å². The van der Waals surface area contributed by atoms with Crippen LogP contribution >= 0.6 is 0 Å². The molecule has 0 atom stereocenters. The van der Waals surface area contributed by atoms with Crippen LogP contribution < -0.4 is 4.90 Å². The maximum atomic E-state index is 9.15. The van der Waals surface area contributed by atoms with Crippen LogP contribution in [0.25, 0.3) is 5.65 Å². The number of rotatable bonds is 3. The highest BCUT2D eigenvalue weighted by molar-refractivity contribution is 5.58. The molecule has 0 radical (unpaired) electrons. The van der Waals surface area contributed by atoms with Crippen molar-refractivity contribution >= 4 is 11.3 Å². The zero-order valence-corrected chi connectivity index (χ0v) is 11.2. The maximum Gasteiger partial charge on any atom is 0.137 e. The van der Waals surface area contributed by atoms with Crippen molar-refractivity contribution in [2.24, 2.45) is 0 Å². The van der Waals surface area contributed by atoms with Crippen molar-refractivity contribution in [1.82, 2.24) is 9.38 Å². The van der Waals surface area contributed by atoms with Gasteiger partial charge in [0.15, 0.2) is 0 Å². The van der Waals surface area contributed by atoms with Gasteiger partial charge in [0, 0.05) is 19.4 Å². The lowest BCUT2D eigenvalue weighted by Gasteiger charge is -2.19. The Kier molecular flexibility index (Phi) is 3.10. The summed E-state index contributed by atoms with van der Waals surface area (Å²) >= 11 is 0. The molecule has 0 saturated heterocycles. The average Bonchev–Trinajstić information content (AvgIpc) is 2.89. The summed E-state index contributed by atoms with van der Waals surface area (Å²) in [5, 5.41) is 9.15. The molecule has 2 aromatic heterocycles. The van der Waals surface area contributed by atoms with E-state index in [0.29, 0.717) is 12.1 Å². The Morgan fingerprint density at radius 1 is 1.20 bits per heavy atom. The predicted molar refractivity (Wildman–Crippen MR) is 78.5 cm³/mol. The van der Waals surface area contributed by atoms with Crippen molar-refractivity contribution in [2.75, 3.05) is 11.9 Å². The summed E-state index contributed by atoms with van der Waals surface area (Å²) in [5.74, 6) is 0. The number of pyridine rings is 1. The van der Waals surface area contributed by atoms with Gasteiger partial charge in [-0.1, -0.05) is 18.2 Å². The number of hydrogen-bond donors (Lipinski definition) is 0. The van der Waals surface area contributed by atoms with Crippen LogP contribution in [0.4, 0.5) is 5.69 Å². The third-order valence-electron chi connectivity index (χ3n) is 3.25. The van der Waals surface area contributed by atoms with Gasteiger partial charge in [0.2, 0.25) is 0 Å². The Labute approximate surface area is 117 Å². The van der Waals surface area contributed by atoms with Crippen molar-refractivity contribution in [2.45, 2.75) is 6.54 Å². The van der Waals surface area contributed by atoms with E-state index in [1.54, 1.807) is 0 Å². The van der Waals surface area contributed by atoms with Crippen LogP contribution in [0.1, 0.15) is 11.3 Å². The van der Waals surface area contributed by atoms with Gasteiger partial charge >= 0.3 is 0 Å². The summed E-state index contributed by atoms with van der Waals surface area (Å²) < 4.78 is 2.00. The highest BCUT2D eigenvalue weighted by atomic mass is 15.1. The van der Waals surface area contributed by atoms with Gasteiger partial charge in [-0.05, 0) is 24.3 Å². The molecule has 0 saturated carbocycles. The van der Waals surface area contributed by atoms with Crippen molar-refractivity contribution in [3.8, 4) is 6.07 Å². The van der Waals surface area contributed by atoms with E-state index < -0.39 is 0 Å². The Morgan fingerprint density at radius 2 is 2.00 bits per heavy atom. The molecular weight excluding hydrogens is 248 g/mol. The van der Waals surface area contributed by atoms with E-state index in [1.807, 2.05) is 71.2 Å². The van der Waals surface area contributed by atoms with Crippen LogP contribution in [0.3, 0.4) is 0 Å². The molecule has 98 valence electrons. The molecule has 0 aliphatic heterocycles. The molecule has 20 heavy (non-hydrogen) atoms. The van der Waals surface area contributed by atoms with Gasteiger partial charge < -0.3 is 9.30 Å². The Morgan fingerprint density at radius 3 is 2.80 bits per heavy atom. The molecule has 0 N–H and O–H groups in total. The minimum atomic E-state index is 0.667. The van der Waals surface area contributed by atoms with E-state index in [2.05, 4.69) is 11.1 Å². The standard InChI is InChI=1S/C16H14N4/c1-19(15-7-3-2-6-13(15)10-17)11-14-12-20-9-5-4-8-16(20)18-14/h2-9,12H,11H2,1H3. The lowest BCUT2D eigenvalue weighted by Crippen LogP contribution is -2.17. The normalized spacial score (nSPS) is 10.4. The van der Waals surface area contributed by atoms with E-state index in [4.69, 9.17) is 5.26 Å². The minimum absolute atomic E-state index is 0.667. The molecule has 0 aliphatic rings. The Hall–Kier alpha value is -2.80. The monoisotopic (exact) mass is 262 g/mol. The van der Waals surface area contributed by atoms with Crippen molar-refractivity contribution in [3.63, 3.8) is 0 Å². The van der Waals surface area contributed by atoms with Gasteiger partial charge in [-0.2, -0.15) is 5.26 Å². The molecule has 3 aromatic rings. The molecule has 3 rings (SSSR count). The first-order valence-electron chi connectivity index (χ1n) is 6.41. The van der Waals surface area contributed by atoms with Gasteiger partial charge in [0.1, 0.15) is 11.7 Å². The summed E-state index contributed by atoms with van der Waals surface area (Å²) in [4.78, 5) is 6.61. The topological polar surface area (TPSA) is 44.3 Å². The van der Waals surface area contributed by atoms with E-state index in [1.165, 1.54) is 0 Å². The summed E-state index contributed by atoms with van der Waals surface area (Å²) in [6.07, 6.45) is 4.00. The highest BCUT2D eigenvalue weighted by Gasteiger charge is 2.09. The van der Waals surface area contributed by atoms with Gasteiger partial charge in [-0.25, -0.2) is 4.98 Å². The molecule has 0 aliphatic carbocycles. The number of nitrogens with zero attached hydrogens (tertiary/aromatic N) is 4. The second kappa shape index (κ2) is 5.06. The van der Waals surface area contributed by atoms with E-state index in [0.717, 1.165) is 17.0 Å². The first-order valence-corrected chi connectivity index (χ1v) is 6.41. The van der Waals surface area contributed by atoms with Crippen molar-refractivity contribution in [1.29, 1.82) is 5.26 Å². The van der Waals surface area contributed by atoms with Crippen LogP contribution in [0.5, 0.6) is 0 Å².